The summed E-state index contributed by atoms with van der Waals surface area (Å²) in [6.45, 7) is 0. The van der Waals surface area contributed by atoms with Gasteiger partial charge < -0.3 is 9.84 Å². The lowest BCUT2D eigenvalue weighted by Gasteiger charge is -2.09. The molecule has 9 heteroatoms. The van der Waals surface area contributed by atoms with Crippen LogP contribution in [-0.2, 0) is 9.84 Å². The molecule has 0 atom stereocenters. The SMILES string of the molecule is CS(=O)(=O)c1ccc(NC(=O)c2cc(-c3ccccc3)nc3onc(C4CC4)c23)cn1. The number of amides is 1. The van der Waals surface area contributed by atoms with Crippen molar-refractivity contribution >= 4 is 32.5 Å². The first-order valence-corrected chi connectivity index (χ1v) is 11.6. The van der Waals surface area contributed by atoms with Gasteiger partial charge in [0.2, 0.25) is 0 Å². The molecule has 31 heavy (non-hydrogen) atoms. The van der Waals surface area contributed by atoms with Crippen molar-refractivity contribution in [3.8, 4) is 11.3 Å². The van der Waals surface area contributed by atoms with Gasteiger partial charge in [-0.2, -0.15) is 0 Å². The number of nitrogens with one attached hydrogen (secondary N) is 1. The van der Waals surface area contributed by atoms with E-state index < -0.39 is 9.84 Å². The fourth-order valence-corrected chi connectivity index (χ4v) is 3.98. The Morgan fingerprint density at radius 1 is 1.13 bits per heavy atom. The van der Waals surface area contributed by atoms with E-state index in [0.29, 0.717) is 28.0 Å². The maximum Gasteiger partial charge on any atom is 0.259 e. The summed E-state index contributed by atoms with van der Waals surface area (Å²) in [6, 6.07) is 14.1. The molecule has 156 valence electrons. The maximum atomic E-state index is 13.2. The topological polar surface area (TPSA) is 115 Å². The van der Waals surface area contributed by atoms with Crippen molar-refractivity contribution in [3.05, 3.63) is 66.0 Å². The number of aromatic nitrogens is 3. The predicted octanol–water partition coefficient (Wildman–Crippen LogP) is 3.82. The first-order chi connectivity index (χ1) is 14.9. The van der Waals surface area contributed by atoms with E-state index in [2.05, 4.69) is 20.4 Å². The average molecular weight is 434 g/mol. The number of carbonyl (C=O) groups is 1. The summed E-state index contributed by atoms with van der Waals surface area (Å²) in [5, 5.41) is 7.53. The largest absolute Gasteiger partial charge is 0.335 e. The third kappa shape index (κ3) is 3.79. The van der Waals surface area contributed by atoms with Gasteiger partial charge in [0, 0.05) is 17.7 Å². The number of fused-ring (bicyclic) bond motifs is 1. The van der Waals surface area contributed by atoms with Gasteiger partial charge in [0.25, 0.3) is 11.6 Å². The number of sulfone groups is 1. The van der Waals surface area contributed by atoms with Crippen molar-refractivity contribution in [3.63, 3.8) is 0 Å². The fraction of sp³-hybridized carbons (Fsp3) is 0.182. The lowest BCUT2D eigenvalue weighted by atomic mass is 10.0. The molecular weight excluding hydrogens is 416 g/mol. The summed E-state index contributed by atoms with van der Waals surface area (Å²) in [7, 11) is -3.42. The third-order valence-corrected chi connectivity index (χ3v) is 6.13. The highest BCUT2D eigenvalue weighted by molar-refractivity contribution is 7.90. The number of rotatable bonds is 5. The van der Waals surface area contributed by atoms with Crippen LogP contribution in [0.5, 0.6) is 0 Å². The zero-order chi connectivity index (χ0) is 21.6. The third-order valence-electron chi connectivity index (χ3n) is 5.13. The Hall–Kier alpha value is -3.59. The molecule has 1 saturated carbocycles. The van der Waals surface area contributed by atoms with Crippen LogP contribution in [0.1, 0.15) is 34.8 Å². The molecule has 0 spiro atoms. The number of benzene rings is 1. The monoisotopic (exact) mass is 434 g/mol. The molecule has 1 N–H and O–H groups in total. The Morgan fingerprint density at radius 3 is 2.55 bits per heavy atom. The fourth-order valence-electron chi connectivity index (χ4n) is 3.42. The summed E-state index contributed by atoms with van der Waals surface area (Å²) in [5.41, 5.74) is 3.30. The van der Waals surface area contributed by atoms with Crippen LogP contribution in [0.3, 0.4) is 0 Å². The minimum atomic E-state index is -3.42. The summed E-state index contributed by atoms with van der Waals surface area (Å²) in [5.74, 6) is -0.100. The highest BCUT2D eigenvalue weighted by atomic mass is 32.2. The number of pyridine rings is 2. The summed E-state index contributed by atoms with van der Waals surface area (Å²) < 4.78 is 28.7. The van der Waals surface area contributed by atoms with Crippen LogP contribution in [0.2, 0.25) is 0 Å². The van der Waals surface area contributed by atoms with Crippen molar-refractivity contribution in [2.45, 2.75) is 23.8 Å². The van der Waals surface area contributed by atoms with Crippen molar-refractivity contribution in [2.24, 2.45) is 0 Å². The van der Waals surface area contributed by atoms with E-state index >= 15 is 0 Å². The van der Waals surface area contributed by atoms with Crippen molar-refractivity contribution < 1.29 is 17.7 Å². The smallest absolute Gasteiger partial charge is 0.259 e. The molecule has 0 saturated heterocycles. The van der Waals surface area contributed by atoms with E-state index in [1.54, 1.807) is 6.07 Å². The van der Waals surface area contributed by atoms with Gasteiger partial charge in [-0.05, 0) is 31.0 Å². The second kappa shape index (κ2) is 7.28. The predicted molar refractivity (Wildman–Crippen MR) is 115 cm³/mol. The lowest BCUT2D eigenvalue weighted by Crippen LogP contribution is -2.14. The molecule has 3 aromatic heterocycles. The molecular formula is C22H18N4O4S. The van der Waals surface area contributed by atoms with Crippen LogP contribution >= 0.6 is 0 Å². The van der Waals surface area contributed by atoms with Gasteiger partial charge in [0.1, 0.15) is 0 Å². The average Bonchev–Trinajstić information content (AvgIpc) is 3.52. The number of nitrogens with zero attached hydrogens (tertiary/aromatic N) is 3. The molecule has 3 heterocycles. The molecule has 8 nitrogen and oxygen atoms in total. The molecule has 1 fully saturated rings. The molecule has 1 aliphatic rings. The van der Waals surface area contributed by atoms with Crippen molar-refractivity contribution in [1.29, 1.82) is 0 Å². The molecule has 1 amide bonds. The van der Waals surface area contributed by atoms with Gasteiger partial charge in [-0.1, -0.05) is 35.5 Å². The lowest BCUT2D eigenvalue weighted by molar-refractivity contribution is 0.102. The Balaban J connectivity index is 1.57. The second-order valence-corrected chi connectivity index (χ2v) is 9.52. The Kier molecular flexibility index (Phi) is 4.55. The maximum absolute atomic E-state index is 13.2. The van der Waals surface area contributed by atoms with E-state index in [1.807, 2.05) is 30.3 Å². The molecule has 0 unspecified atom stereocenters. The van der Waals surface area contributed by atoms with E-state index in [4.69, 9.17) is 4.52 Å². The zero-order valence-corrected chi connectivity index (χ0v) is 17.4. The standard InChI is InChI=1S/C22H18N4O4S/c1-31(28,29)18-10-9-15(12-23-18)24-21(27)16-11-17(13-5-3-2-4-6-13)25-22-19(16)20(26-30-22)14-7-8-14/h2-6,9-12,14H,7-8H2,1H3,(H,24,27). The molecule has 1 aromatic carbocycles. The Morgan fingerprint density at radius 2 is 1.90 bits per heavy atom. The molecule has 0 aliphatic heterocycles. The van der Waals surface area contributed by atoms with Crippen LogP contribution in [-0.4, -0.2) is 35.7 Å². The first-order valence-electron chi connectivity index (χ1n) is 9.73. The Labute approximate surface area is 178 Å². The van der Waals surface area contributed by atoms with Crippen molar-refractivity contribution in [1.82, 2.24) is 15.1 Å². The highest BCUT2D eigenvalue weighted by Crippen LogP contribution is 2.43. The van der Waals surface area contributed by atoms with Gasteiger partial charge >= 0.3 is 0 Å². The minimum absolute atomic E-state index is 0.0572. The van der Waals surface area contributed by atoms with Gasteiger partial charge in [0.15, 0.2) is 14.9 Å². The van der Waals surface area contributed by atoms with Gasteiger partial charge in [-0.3, -0.25) is 4.79 Å². The number of carbonyl (C=O) groups excluding carboxylic acids is 1. The highest BCUT2D eigenvalue weighted by Gasteiger charge is 2.32. The van der Waals surface area contributed by atoms with E-state index in [1.165, 1.54) is 18.3 Å². The second-order valence-electron chi connectivity index (χ2n) is 7.55. The quantitative estimate of drug-likeness (QED) is 0.508. The van der Waals surface area contributed by atoms with Gasteiger partial charge in [0.05, 0.1) is 34.2 Å². The van der Waals surface area contributed by atoms with Gasteiger partial charge in [-0.15, -0.1) is 0 Å². The molecule has 4 aromatic rings. The molecule has 5 rings (SSSR count). The molecule has 0 radical (unpaired) electrons. The van der Waals surface area contributed by atoms with E-state index in [9.17, 15) is 13.2 Å². The van der Waals surface area contributed by atoms with Crippen molar-refractivity contribution in [2.75, 3.05) is 11.6 Å². The van der Waals surface area contributed by atoms with Crippen LogP contribution in [0, 0.1) is 0 Å². The van der Waals surface area contributed by atoms with Crippen LogP contribution in [0.4, 0.5) is 5.69 Å². The summed E-state index contributed by atoms with van der Waals surface area (Å²) in [6.07, 6.45) is 4.40. The zero-order valence-electron chi connectivity index (χ0n) is 16.6. The normalized spacial score (nSPS) is 14.0. The minimum Gasteiger partial charge on any atom is -0.335 e. The number of hydrogen-bond acceptors (Lipinski definition) is 7. The van der Waals surface area contributed by atoms with Crippen LogP contribution in [0.25, 0.3) is 22.4 Å². The Bertz CT molecular complexity index is 1390. The first kappa shape index (κ1) is 19.4. The molecule has 0 bridgehead atoms. The van der Waals surface area contributed by atoms with E-state index in [-0.39, 0.29) is 16.9 Å². The number of hydrogen-bond donors (Lipinski definition) is 1. The summed E-state index contributed by atoms with van der Waals surface area (Å²) in [4.78, 5) is 21.7. The van der Waals surface area contributed by atoms with Crippen LogP contribution < -0.4 is 5.32 Å². The molecule has 1 aliphatic carbocycles. The van der Waals surface area contributed by atoms with Gasteiger partial charge in [-0.25, -0.2) is 18.4 Å². The van der Waals surface area contributed by atoms with Crippen LogP contribution in [0.15, 0.2) is 64.3 Å². The number of anilines is 1. The summed E-state index contributed by atoms with van der Waals surface area (Å²) >= 11 is 0. The van der Waals surface area contributed by atoms with E-state index in [0.717, 1.165) is 30.4 Å².